The molecule has 4 nitrogen and oxygen atoms in total. The molecular formula is C16H20O4S. The van der Waals surface area contributed by atoms with Crippen molar-refractivity contribution in [3.05, 3.63) is 40.1 Å². The minimum absolute atomic E-state index is 0.441. The van der Waals surface area contributed by atoms with Crippen LogP contribution in [-0.4, -0.2) is 26.4 Å². The zero-order chi connectivity index (χ0) is 15.2. The van der Waals surface area contributed by atoms with E-state index in [4.69, 9.17) is 14.2 Å². The van der Waals surface area contributed by atoms with Crippen LogP contribution < -0.4 is 14.2 Å². The fraction of sp³-hybridized carbons (Fsp3) is 0.375. The number of aliphatic hydroxyl groups is 1. The summed E-state index contributed by atoms with van der Waals surface area (Å²) in [5.74, 6) is 1.86. The Balaban J connectivity index is 2.13. The summed E-state index contributed by atoms with van der Waals surface area (Å²) >= 11 is 1.57. The van der Waals surface area contributed by atoms with Gasteiger partial charge in [-0.25, -0.2) is 0 Å². The maximum atomic E-state index is 10.1. The first-order chi connectivity index (χ1) is 10.2. The highest BCUT2D eigenvalue weighted by Gasteiger charge is 2.14. The van der Waals surface area contributed by atoms with Gasteiger partial charge in [-0.05, 0) is 42.0 Å². The van der Waals surface area contributed by atoms with Gasteiger partial charge in [0.2, 0.25) is 5.75 Å². The Morgan fingerprint density at radius 1 is 1.10 bits per heavy atom. The zero-order valence-electron chi connectivity index (χ0n) is 12.5. The molecule has 2 aromatic rings. The summed E-state index contributed by atoms with van der Waals surface area (Å²) < 4.78 is 16.0. The molecule has 1 aromatic heterocycles. The van der Waals surface area contributed by atoms with E-state index in [-0.39, 0.29) is 0 Å². The fourth-order valence-corrected chi connectivity index (χ4v) is 2.95. The molecule has 0 spiro atoms. The lowest BCUT2D eigenvalue weighted by molar-refractivity contribution is 0.171. The summed E-state index contributed by atoms with van der Waals surface area (Å²) in [6.07, 6.45) is 0.943. The molecule has 21 heavy (non-hydrogen) atoms. The Bertz CT molecular complexity index is 541. The zero-order valence-corrected chi connectivity index (χ0v) is 13.3. The summed E-state index contributed by atoms with van der Waals surface area (Å²) in [6, 6.07) is 7.73. The molecule has 2 rings (SSSR count). The van der Waals surface area contributed by atoms with Gasteiger partial charge in [0, 0.05) is 4.88 Å². The molecule has 1 heterocycles. The van der Waals surface area contributed by atoms with Crippen molar-refractivity contribution in [2.75, 3.05) is 21.3 Å². The first-order valence-corrected chi connectivity index (χ1v) is 7.58. The van der Waals surface area contributed by atoms with E-state index in [2.05, 4.69) is 0 Å². The Kier molecular flexibility index (Phi) is 5.47. The third-order valence-electron chi connectivity index (χ3n) is 3.30. The third kappa shape index (κ3) is 3.68. The summed E-state index contributed by atoms with van der Waals surface area (Å²) in [6.45, 7) is 0. The van der Waals surface area contributed by atoms with E-state index in [0.717, 1.165) is 16.9 Å². The number of methoxy groups -OCH3 is 3. The number of aliphatic hydroxyl groups excluding tert-OH is 1. The van der Waals surface area contributed by atoms with Gasteiger partial charge in [-0.2, -0.15) is 0 Å². The molecule has 0 aliphatic heterocycles. The summed E-state index contributed by atoms with van der Waals surface area (Å²) in [5, 5.41) is 12.1. The van der Waals surface area contributed by atoms with Crippen LogP contribution in [0.25, 0.3) is 0 Å². The molecule has 0 saturated carbocycles. The van der Waals surface area contributed by atoms with E-state index in [1.165, 1.54) is 0 Å². The maximum Gasteiger partial charge on any atom is 0.203 e. The second kappa shape index (κ2) is 7.33. The molecule has 5 heteroatoms. The van der Waals surface area contributed by atoms with Crippen molar-refractivity contribution in [2.45, 2.75) is 18.9 Å². The normalized spacial score (nSPS) is 12.0. The van der Waals surface area contributed by atoms with Crippen molar-refractivity contribution in [3.8, 4) is 17.2 Å². The minimum Gasteiger partial charge on any atom is -0.493 e. The van der Waals surface area contributed by atoms with Gasteiger partial charge in [-0.3, -0.25) is 0 Å². The van der Waals surface area contributed by atoms with Crippen LogP contribution >= 0.6 is 11.3 Å². The number of hydrogen-bond acceptors (Lipinski definition) is 5. The first-order valence-electron chi connectivity index (χ1n) is 6.70. The van der Waals surface area contributed by atoms with E-state index in [1.54, 1.807) is 32.7 Å². The monoisotopic (exact) mass is 308 g/mol. The van der Waals surface area contributed by atoms with Crippen LogP contribution in [-0.2, 0) is 6.42 Å². The lowest BCUT2D eigenvalue weighted by Crippen LogP contribution is -2.00. The molecular weight excluding hydrogens is 288 g/mol. The fourth-order valence-electron chi connectivity index (χ4n) is 2.21. The van der Waals surface area contributed by atoms with Crippen molar-refractivity contribution in [1.82, 2.24) is 0 Å². The molecule has 0 amide bonds. The quantitative estimate of drug-likeness (QED) is 0.851. The van der Waals surface area contributed by atoms with Gasteiger partial charge in [0.15, 0.2) is 11.5 Å². The van der Waals surface area contributed by atoms with Gasteiger partial charge in [0.1, 0.15) is 0 Å². The van der Waals surface area contributed by atoms with Gasteiger partial charge in [-0.1, -0.05) is 6.07 Å². The van der Waals surface area contributed by atoms with Crippen LogP contribution in [0.3, 0.4) is 0 Å². The average molecular weight is 308 g/mol. The number of hydrogen-bond donors (Lipinski definition) is 1. The number of rotatable bonds is 7. The van der Waals surface area contributed by atoms with Crippen LogP contribution in [0.4, 0.5) is 0 Å². The third-order valence-corrected chi connectivity index (χ3v) is 4.28. The lowest BCUT2D eigenvalue weighted by Gasteiger charge is -2.15. The standard InChI is InChI=1S/C16H20O4S/c1-18-13-9-11(10-14(19-2)16(13)20-3)6-7-12(17)15-5-4-8-21-15/h4-5,8-10,12,17H,6-7H2,1-3H3. The predicted molar refractivity (Wildman–Crippen MR) is 83.7 cm³/mol. The molecule has 1 atom stereocenters. The van der Waals surface area contributed by atoms with E-state index in [1.807, 2.05) is 29.6 Å². The van der Waals surface area contributed by atoms with Crippen molar-refractivity contribution in [3.63, 3.8) is 0 Å². The van der Waals surface area contributed by atoms with Crippen LogP contribution in [0.15, 0.2) is 29.6 Å². The number of ether oxygens (including phenoxy) is 3. The SMILES string of the molecule is COc1cc(CCC(O)c2cccs2)cc(OC)c1OC. The number of thiophene rings is 1. The van der Waals surface area contributed by atoms with Gasteiger partial charge in [0.05, 0.1) is 27.4 Å². The molecule has 0 bridgehead atoms. The van der Waals surface area contributed by atoms with Gasteiger partial charge in [0.25, 0.3) is 0 Å². The lowest BCUT2D eigenvalue weighted by atomic mass is 10.0. The van der Waals surface area contributed by atoms with Crippen LogP contribution in [0.1, 0.15) is 23.0 Å². The molecule has 1 unspecified atom stereocenters. The van der Waals surface area contributed by atoms with Crippen molar-refractivity contribution >= 4 is 11.3 Å². The van der Waals surface area contributed by atoms with Crippen molar-refractivity contribution < 1.29 is 19.3 Å². The van der Waals surface area contributed by atoms with Gasteiger partial charge in [-0.15, -0.1) is 11.3 Å². The molecule has 0 aliphatic rings. The largest absolute Gasteiger partial charge is 0.493 e. The highest BCUT2D eigenvalue weighted by molar-refractivity contribution is 7.10. The summed E-state index contributed by atoms with van der Waals surface area (Å²) in [5.41, 5.74) is 1.04. The van der Waals surface area contributed by atoms with Gasteiger partial charge < -0.3 is 19.3 Å². The van der Waals surface area contributed by atoms with Crippen LogP contribution in [0.5, 0.6) is 17.2 Å². The molecule has 0 fully saturated rings. The van der Waals surface area contributed by atoms with Crippen LogP contribution in [0, 0.1) is 0 Å². The molecule has 0 aliphatic carbocycles. The maximum absolute atomic E-state index is 10.1. The second-order valence-corrected chi connectivity index (χ2v) is 5.58. The van der Waals surface area contributed by atoms with Crippen LogP contribution in [0.2, 0.25) is 0 Å². The van der Waals surface area contributed by atoms with Gasteiger partial charge >= 0.3 is 0 Å². The highest BCUT2D eigenvalue weighted by Crippen LogP contribution is 2.38. The predicted octanol–water partition coefficient (Wildman–Crippen LogP) is 3.44. The van der Waals surface area contributed by atoms with E-state index in [9.17, 15) is 5.11 Å². The Morgan fingerprint density at radius 2 is 1.76 bits per heavy atom. The number of aryl methyl sites for hydroxylation is 1. The van der Waals surface area contributed by atoms with E-state index < -0.39 is 6.10 Å². The molecule has 1 aromatic carbocycles. The minimum atomic E-state index is -0.441. The van der Waals surface area contributed by atoms with E-state index in [0.29, 0.717) is 23.7 Å². The Labute approximate surface area is 128 Å². The smallest absolute Gasteiger partial charge is 0.203 e. The topological polar surface area (TPSA) is 47.9 Å². The molecule has 0 radical (unpaired) electrons. The van der Waals surface area contributed by atoms with Crippen molar-refractivity contribution in [2.24, 2.45) is 0 Å². The highest BCUT2D eigenvalue weighted by atomic mass is 32.1. The van der Waals surface area contributed by atoms with E-state index >= 15 is 0 Å². The molecule has 1 N–H and O–H groups in total. The first kappa shape index (κ1) is 15.7. The molecule has 0 saturated heterocycles. The van der Waals surface area contributed by atoms with Crippen molar-refractivity contribution in [1.29, 1.82) is 0 Å². The molecule has 114 valence electrons. The number of benzene rings is 1. The average Bonchev–Trinajstić information content (AvgIpc) is 3.05. The Hall–Kier alpha value is -1.72. The second-order valence-electron chi connectivity index (χ2n) is 4.60. The summed E-state index contributed by atoms with van der Waals surface area (Å²) in [7, 11) is 4.78. The Morgan fingerprint density at radius 3 is 2.24 bits per heavy atom. The summed E-state index contributed by atoms with van der Waals surface area (Å²) in [4.78, 5) is 0.988.